The predicted molar refractivity (Wildman–Crippen MR) is 94.8 cm³/mol. The molecule has 0 radical (unpaired) electrons. The summed E-state index contributed by atoms with van der Waals surface area (Å²) in [5.41, 5.74) is 1.98. The molecule has 3 rings (SSSR count). The lowest BCUT2D eigenvalue weighted by molar-refractivity contribution is 0.600. The zero-order valence-electron chi connectivity index (χ0n) is 14.3. The largest absolute Gasteiger partial charge is 0.328 e. The number of nitrogens with one attached hydrogen (secondary N) is 1. The van der Waals surface area contributed by atoms with Crippen molar-refractivity contribution in [3.63, 3.8) is 0 Å². The fourth-order valence-electron chi connectivity index (χ4n) is 2.79. The van der Waals surface area contributed by atoms with Crippen LogP contribution >= 0.6 is 0 Å². The lowest BCUT2D eigenvalue weighted by Crippen LogP contribution is -2.19. The van der Waals surface area contributed by atoms with E-state index in [1.165, 1.54) is 27.3 Å². The number of imidazole rings is 1. The normalized spacial score (nSPS) is 11.9. The fourth-order valence-corrected chi connectivity index (χ4v) is 4.08. The molecule has 1 N–H and O–H groups in total. The van der Waals surface area contributed by atoms with E-state index in [2.05, 4.69) is 4.72 Å². The fraction of sp³-hybridized carbons (Fsp3) is 0.235. The molecule has 0 unspecified atom stereocenters. The van der Waals surface area contributed by atoms with Crippen molar-refractivity contribution in [2.45, 2.75) is 18.7 Å². The van der Waals surface area contributed by atoms with Crippen LogP contribution in [-0.4, -0.2) is 17.6 Å². The Morgan fingerprint density at radius 2 is 1.56 bits per heavy atom. The van der Waals surface area contributed by atoms with Crippen molar-refractivity contribution in [2.24, 2.45) is 14.1 Å². The van der Waals surface area contributed by atoms with E-state index >= 15 is 0 Å². The SMILES string of the molecule is Cc1ccc(NS(=O)(=O)c2cc3c(cc2C)n(C)c(=O)n3C)cc1F. The maximum absolute atomic E-state index is 13.7. The molecule has 0 spiro atoms. The number of halogens is 1. The minimum Gasteiger partial charge on any atom is -0.295 e. The Morgan fingerprint density at radius 1 is 0.960 bits per heavy atom. The predicted octanol–water partition coefficient (Wildman–Crippen LogP) is 2.43. The summed E-state index contributed by atoms with van der Waals surface area (Å²) < 4.78 is 44.4. The van der Waals surface area contributed by atoms with Crippen molar-refractivity contribution in [3.8, 4) is 0 Å². The number of nitrogens with zero attached hydrogens (tertiary/aromatic N) is 2. The van der Waals surface area contributed by atoms with E-state index in [1.807, 2.05) is 0 Å². The first-order chi connectivity index (χ1) is 11.6. The summed E-state index contributed by atoms with van der Waals surface area (Å²) in [5, 5.41) is 0. The molecule has 3 aromatic rings. The second kappa shape index (κ2) is 5.73. The van der Waals surface area contributed by atoms with Crippen molar-refractivity contribution in [3.05, 3.63) is 57.8 Å². The van der Waals surface area contributed by atoms with Crippen LogP contribution in [0.15, 0.2) is 40.0 Å². The van der Waals surface area contributed by atoms with Crippen LogP contribution in [0.25, 0.3) is 11.0 Å². The molecule has 25 heavy (non-hydrogen) atoms. The van der Waals surface area contributed by atoms with Crippen molar-refractivity contribution in [1.82, 2.24) is 9.13 Å². The summed E-state index contributed by atoms with van der Waals surface area (Å²) in [5.74, 6) is -0.488. The van der Waals surface area contributed by atoms with Gasteiger partial charge in [0.2, 0.25) is 0 Å². The molecule has 132 valence electrons. The zero-order valence-corrected chi connectivity index (χ0v) is 15.1. The minimum atomic E-state index is -3.93. The van der Waals surface area contributed by atoms with Crippen LogP contribution in [0, 0.1) is 19.7 Å². The van der Waals surface area contributed by atoms with Crippen molar-refractivity contribution in [1.29, 1.82) is 0 Å². The van der Waals surface area contributed by atoms with E-state index in [4.69, 9.17) is 0 Å². The van der Waals surface area contributed by atoms with Crippen LogP contribution in [0.2, 0.25) is 0 Å². The van der Waals surface area contributed by atoms with Crippen LogP contribution in [0.5, 0.6) is 0 Å². The second-order valence-electron chi connectivity index (χ2n) is 6.08. The lowest BCUT2D eigenvalue weighted by Gasteiger charge is -2.12. The van der Waals surface area contributed by atoms with Gasteiger partial charge in [-0.3, -0.25) is 13.9 Å². The molecule has 2 aromatic carbocycles. The second-order valence-corrected chi connectivity index (χ2v) is 7.73. The van der Waals surface area contributed by atoms with Crippen LogP contribution < -0.4 is 10.4 Å². The molecule has 8 heteroatoms. The summed E-state index contributed by atoms with van der Waals surface area (Å²) >= 11 is 0. The molecular weight excluding hydrogens is 345 g/mol. The Labute approximate surface area is 144 Å². The molecule has 1 heterocycles. The molecule has 0 saturated carbocycles. The Hall–Kier alpha value is -2.61. The Balaban J connectivity index is 2.13. The van der Waals surface area contributed by atoms with E-state index in [1.54, 1.807) is 34.0 Å². The molecule has 0 aliphatic carbocycles. The van der Waals surface area contributed by atoms with Crippen molar-refractivity contribution < 1.29 is 12.8 Å². The highest BCUT2D eigenvalue weighted by molar-refractivity contribution is 7.92. The summed E-state index contributed by atoms with van der Waals surface area (Å²) in [7, 11) is -0.714. The van der Waals surface area contributed by atoms with Gasteiger partial charge in [-0.2, -0.15) is 0 Å². The quantitative estimate of drug-likeness (QED) is 0.777. The highest BCUT2D eigenvalue weighted by atomic mass is 32.2. The van der Waals surface area contributed by atoms with Gasteiger partial charge in [0.25, 0.3) is 10.0 Å². The molecule has 0 atom stereocenters. The van der Waals surface area contributed by atoms with Gasteiger partial charge in [0.15, 0.2) is 0 Å². The van der Waals surface area contributed by atoms with Gasteiger partial charge in [0, 0.05) is 14.1 Å². The van der Waals surface area contributed by atoms with Gasteiger partial charge in [-0.25, -0.2) is 17.6 Å². The lowest BCUT2D eigenvalue weighted by atomic mass is 10.2. The highest BCUT2D eigenvalue weighted by Crippen LogP contribution is 2.25. The van der Waals surface area contributed by atoms with Gasteiger partial charge in [0.05, 0.1) is 21.6 Å². The number of anilines is 1. The standard InChI is InChI=1S/C17H18FN3O3S/c1-10-5-6-12(8-13(10)18)19-25(23,24)16-9-15-14(7-11(16)2)20(3)17(22)21(15)4/h5-9,19H,1-4H3. The Bertz CT molecular complexity index is 1160. The average molecular weight is 363 g/mol. The third-order valence-electron chi connectivity index (χ3n) is 4.28. The van der Waals surface area contributed by atoms with E-state index < -0.39 is 15.8 Å². The van der Waals surface area contributed by atoms with Crippen molar-refractivity contribution in [2.75, 3.05) is 4.72 Å². The number of fused-ring (bicyclic) bond motifs is 1. The summed E-state index contributed by atoms with van der Waals surface area (Å²) in [6.07, 6.45) is 0. The van der Waals surface area contributed by atoms with E-state index in [0.717, 1.165) is 6.07 Å². The van der Waals surface area contributed by atoms with Gasteiger partial charge >= 0.3 is 5.69 Å². The van der Waals surface area contributed by atoms with Crippen molar-refractivity contribution >= 4 is 26.7 Å². The summed E-state index contributed by atoms with van der Waals surface area (Å²) in [4.78, 5) is 12.1. The number of sulfonamides is 1. The Morgan fingerprint density at radius 3 is 2.16 bits per heavy atom. The molecule has 0 fully saturated rings. The summed E-state index contributed by atoms with van der Waals surface area (Å²) in [6.45, 7) is 3.25. The maximum Gasteiger partial charge on any atom is 0.328 e. The van der Waals surface area contributed by atoms with Crippen LogP contribution in [0.1, 0.15) is 11.1 Å². The first-order valence-electron chi connectivity index (χ1n) is 7.57. The number of aromatic nitrogens is 2. The first-order valence-corrected chi connectivity index (χ1v) is 9.05. The molecule has 0 amide bonds. The van der Waals surface area contributed by atoms with E-state index in [-0.39, 0.29) is 16.3 Å². The number of rotatable bonds is 3. The number of aryl methyl sites for hydroxylation is 4. The van der Waals surface area contributed by atoms with Gasteiger partial charge in [-0.05, 0) is 49.2 Å². The van der Waals surface area contributed by atoms with Gasteiger partial charge in [-0.15, -0.1) is 0 Å². The number of hydrogen-bond donors (Lipinski definition) is 1. The molecule has 0 bridgehead atoms. The molecular formula is C17H18FN3O3S. The third-order valence-corrected chi connectivity index (χ3v) is 5.81. The number of benzene rings is 2. The molecule has 0 aliphatic heterocycles. The summed E-state index contributed by atoms with van der Waals surface area (Å²) in [6, 6.07) is 7.26. The van der Waals surface area contributed by atoms with Crippen LogP contribution in [0.4, 0.5) is 10.1 Å². The van der Waals surface area contributed by atoms with E-state index in [9.17, 15) is 17.6 Å². The topological polar surface area (TPSA) is 73.1 Å². The monoisotopic (exact) mass is 363 g/mol. The maximum atomic E-state index is 13.7. The van der Waals surface area contributed by atoms with Crippen LogP contribution in [0.3, 0.4) is 0 Å². The molecule has 6 nitrogen and oxygen atoms in total. The van der Waals surface area contributed by atoms with Gasteiger partial charge in [0.1, 0.15) is 5.82 Å². The number of hydrogen-bond acceptors (Lipinski definition) is 3. The third kappa shape index (κ3) is 2.82. The highest BCUT2D eigenvalue weighted by Gasteiger charge is 2.20. The zero-order chi connectivity index (χ0) is 18.5. The Kier molecular flexibility index (Phi) is 3.95. The smallest absolute Gasteiger partial charge is 0.295 e. The van der Waals surface area contributed by atoms with Gasteiger partial charge < -0.3 is 0 Å². The van der Waals surface area contributed by atoms with Crippen LogP contribution in [-0.2, 0) is 24.1 Å². The molecule has 1 aromatic heterocycles. The van der Waals surface area contributed by atoms with Gasteiger partial charge in [-0.1, -0.05) is 6.07 Å². The minimum absolute atomic E-state index is 0.0437. The first kappa shape index (κ1) is 17.2. The molecule has 0 saturated heterocycles. The molecule has 0 aliphatic rings. The van der Waals surface area contributed by atoms with E-state index in [0.29, 0.717) is 22.2 Å². The average Bonchev–Trinajstić information content (AvgIpc) is 2.74.